The molecule has 158 valence electrons. The van der Waals surface area contributed by atoms with Crippen LogP contribution >= 0.6 is 15.9 Å². The van der Waals surface area contributed by atoms with Crippen LogP contribution in [-0.4, -0.2) is 24.7 Å². The number of methoxy groups -OCH3 is 1. The summed E-state index contributed by atoms with van der Waals surface area (Å²) in [5.74, 6) is 2.45. The second-order valence-corrected chi connectivity index (χ2v) is 8.33. The average Bonchev–Trinajstić information content (AvgIpc) is 3.28. The van der Waals surface area contributed by atoms with E-state index >= 15 is 0 Å². The van der Waals surface area contributed by atoms with Gasteiger partial charge in [-0.05, 0) is 48.0 Å². The van der Waals surface area contributed by atoms with Gasteiger partial charge in [-0.2, -0.15) is 0 Å². The second kappa shape index (κ2) is 8.24. The number of hydrogen-bond donors (Lipinski definition) is 2. The summed E-state index contributed by atoms with van der Waals surface area (Å²) in [6.07, 6.45) is 0.267. The topological polar surface area (TPSA) is 72.3 Å². The lowest BCUT2D eigenvalue weighted by molar-refractivity contribution is 0.174. The largest absolute Gasteiger partial charge is 0.508 e. The van der Waals surface area contributed by atoms with Gasteiger partial charge in [0, 0.05) is 33.8 Å². The van der Waals surface area contributed by atoms with E-state index in [9.17, 15) is 5.11 Å². The lowest BCUT2D eigenvalue weighted by atomic mass is 9.93. The van der Waals surface area contributed by atoms with E-state index < -0.39 is 0 Å². The maximum Gasteiger partial charge on any atom is 0.231 e. The monoisotopic (exact) mass is 480 g/mol. The van der Waals surface area contributed by atoms with Gasteiger partial charge in [0.15, 0.2) is 11.5 Å². The Morgan fingerprint density at radius 3 is 2.74 bits per heavy atom. The van der Waals surface area contributed by atoms with E-state index in [1.54, 1.807) is 13.2 Å². The molecule has 0 fully saturated rings. The molecule has 0 saturated carbocycles. The molecule has 31 heavy (non-hydrogen) atoms. The van der Waals surface area contributed by atoms with Gasteiger partial charge >= 0.3 is 0 Å². The molecule has 0 bridgehead atoms. The molecule has 0 saturated heterocycles. The molecule has 6 nitrogen and oxygen atoms in total. The highest BCUT2D eigenvalue weighted by atomic mass is 79.9. The summed E-state index contributed by atoms with van der Waals surface area (Å²) in [6, 6.07) is 19.0. The minimum Gasteiger partial charge on any atom is -0.508 e. The van der Waals surface area contributed by atoms with Crippen LogP contribution in [0.4, 0.5) is 0 Å². The van der Waals surface area contributed by atoms with Gasteiger partial charge in [-0.1, -0.05) is 34.1 Å². The molecule has 3 aromatic rings. The molecule has 2 heterocycles. The van der Waals surface area contributed by atoms with Gasteiger partial charge in [0.25, 0.3) is 0 Å². The van der Waals surface area contributed by atoms with E-state index in [0.29, 0.717) is 6.42 Å². The van der Waals surface area contributed by atoms with Crippen molar-refractivity contribution in [2.45, 2.75) is 18.6 Å². The molecular formula is C24H21BrN2O4. The zero-order valence-corrected chi connectivity index (χ0v) is 18.4. The van der Waals surface area contributed by atoms with Crippen molar-refractivity contribution in [1.29, 1.82) is 0 Å². The number of aromatic hydroxyl groups is 1. The van der Waals surface area contributed by atoms with Crippen molar-refractivity contribution in [2.24, 2.45) is 4.99 Å². The van der Waals surface area contributed by atoms with Crippen molar-refractivity contribution in [1.82, 2.24) is 5.32 Å². The summed E-state index contributed by atoms with van der Waals surface area (Å²) in [6.45, 7) is 0.227. The third-order valence-corrected chi connectivity index (χ3v) is 6.04. The molecule has 5 rings (SSSR count). The highest BCUT2D eigenvalue weighted by molar-refractivity contribution is 9.10. The lowest BCUT2D eigenvalue weighted by Gasteiger charge is -2.31. The number of nitrogens with zero attached hydrogens (tertiary/aromatic N) is 1. The van der Waals surface area contributed by atoms with Crippen molar-refractivity contribution in [3.05, 3.63) is 81.8 Å². The van der Waals surface area contributed by atoms with E-state index in [1.165, 1.54) is 0 Å². The number of aliphatic imine (C=N–C) groups is 1. The Bertz CT molecular complexity index is 1160. The molecule has 0 aliphatic carbocycles. The molecule has 0 aromatic heterocycles. The quantitative estimate of drug-likeness (QED) is 0.542. The summed E-state index contributed by atoms with van der Waals surface area (Å²) in [7, 11) is 1.65. The fourth-order valence-corrected chi connectivity index (χ4v) is 4.39. The van der Waals surface area contributed by atoms with E-state index in [4.69, 9.17) is 19.2 Å². The lowest BCUT2D eigenvalue weighted by Crippen LogP contribution is -2.33. The number of para-hydroxylation sites is 1. The molecule has 2 aliphatic rings. The SMILES string of the molecule is COc1ccccc1[C@H]1N=C(c2ccc3c(c2)OCO3)C[C@H](c2cc(Br)ccc2O)N1. The third-order valence-electron chi connectivity index (χ3n) is 5.55. The smallest absolute Gasteiger partial charge is 0.231 e. The summed E-state index contributed by atoms with van der Waals surface area (Å²) in [5.41, 5.74) is 3.62. The number of halogens is 1. The summed E-state index contributed by atoms with van der Waals surface area (Å²) < 4.78 is 17.5. The van der Waals surface area contributed by atoms with Gasteiger partial charge < -0.3 is 19.3 Å². The fourth-order valence-electron chi connectivity index (χ4n) is 4.01. The molecule has 2 N–H and O–H groups in total. The zero-order chi connectivity index (χ0) is 21.4. The highest BCUT2D eigenvalue weighted by Crippen LogP contribution is 2.39. The molecule has 0 radical (unpaired) electrons. The first-order chi connectivity index (χ1) is 15.1. The van der Waals surface area contributed by atoms with E-state index in [0.717, 1.165) is 44.1 Å². The standard InChI is InChI=1S/C24H21BrN2O4/c1-29-21-5-3-2-4-16(21)24-26-18(14-6-9-22-23(10-14)31-13-30-22)12-19(27-24)17-11-15(25)7-8-20(17)28/h2-11,19,24,27-28H,12-13H2,1H3/t19-,24+/m1/s1. The van der Waals surface area contributed by atoms with Crippen LogP contribution in [0.1, 0.15) is 35.3 Å². The number of benzene rings is 3. The number of hydrogen-bond acceptors (Lipinski definition) is 6. The van der Waals surface area contributed by atoms with E-state index in [2.05, 4.69) is 21.2 Å². The molecule has 3 aromatic carbocycles. The molecule has 0 amide bonds. The zero-order valence-electron chi connectivity index (χ0n) is 16.8. The predicted octanol–water partition coefficient (Wildman–Crippen LogP) is 5.11. The van der Waals surface area contributed by atoms with Gasteiger partial charge in [-0.3, -0.25) is 10.3 Å². The molecule has 0 spiro atoms. The van der Waals surface area contributed by atoms with Gasteiger partial charge in [-0.25, -0.2) is 0 Å². The minimum absolute atomic E-state index is 0.148. The Kier molecular flexibility index (Phi) is 5.29. The summed E-state index contributed by atoms with van der Waals surface area (Å²) in [5, 5.41) is 14.1. The summed E-state index contributed by atoms with van der Waals surface area (Å²) >= 11 is 3.52. The number of phenols is 1. The van der Waals surface area contributed by atoms with Crippen LogP contribution in [0.5, 0.6) is 23.0 Å². The Balaban J connectivity index is 1.59. The number of rotatable bonds is 4. The molecule has 0 unspecified atom stereocenters. The molecule has 2 atom stereocenters. The first-order valence-electron chi connectivity index (χ1n) is 9.96. The van der Waals surface area contributed by atoms with Gasteiger partial charge in [0.1, 0.15) is 17.7 Å². The third kappa shape index (κ3) is 3.86. The van der Waals surface area contributed by atoms with E-state index in [-0.39, 0.29) is 24.8 Å². The van der Waals surface area contributed by atoms with Gasteiger partial charge in [-0.15, -0.1) is 0 Å². The number of fused-ring (bicyclic) bond motifs is 1. The van der Waals surface area contributed by atoms with Crippen LogP contribution < -0.4 is 19.5 Å². The maximum absolute atomic E-state index is 10.6. The van der Waals surface area contributed by atoms with Crippen LogP contribution in [-0.2, 0) is 0 Å². The van der Waals surface area contributed by atoms with E-state index in [1.807, 2.05) is 54.6 Å². The summed E-state index contributed by atoms with van der Waals surface area (Å²) in [4.78, 5) is 5.02. The second-order valence-electron chi connectivity index (χ2n) is 7.41. The first-order valence-corrected chi connectivity index (χ1v) is 10.8. The van der Waals surface area contributed by atoms with Gasteiger partial charge in [0.2, 0.25) is 6.79 Å². The number of nitrogens with one attached hydrogen (secondary N) is 1. The Hall–Kier alpha value is -3.03. The number of ether oxygens (including phenoxy) is 3. The first kappa shape index (κ1) is 19.9. The normalized spacial score (nSPS) is 19.7. The van der Waals surface area contributed by atoms with Crippen molar-refractivity contribution < 1.29 is 19.3 Å². The molecular weight excluding hydrogens is 460 g/mol. The van der Waals surface area contributed by atoms with Crippen LogP contribution in [0, 0.1) is 0 Å². The van der Waals surface area contributed by atoms with Crippen LogP contribution in [0.3, 0.4) is 0 Å². The maximum atomic E-state index is 10.6. The highest BCUT2D eigenvalue weighted by Gasteiger charge is 2.30. The van der Waals surface area contributed by atoms with Gasteiger partial charge in [0.05, 0.1) is 7.11 Å². The van der Waals surface area contributed by atoms with Crippen molar-refractivity contribution in [3.8, 4) is 23.0 Å². The van der Waals surface area contributed by atoms with Crippen LogP contribution in [0.25, 0.3) is 0 Å². The Morgan fingerprint density at radius 2 is 1.87 bits per heavy atom. The fraction of sp³-hybridized carbons (Fsp3) is 0.208. The molecule has 2 aliphatic heterocycles. The predicted molar refractivity (Wildman–Crippen MR) is 121 cm³/mol. The van der Waals surface area contributed by atoms with Crippen molar-refractivity contribution in [2.75, 3.05) is 13.9 Å². The van der Waals surface area contributed by atoms with Crippen LogP contribution in [0.15, 0.2) is 70.1 Å². The van der Waals surface area contributed by atoms with Crippen molar-refractivity contribution in [3.63, 3.8) is 0 Å². The Morgan fingerprint density at radius 1 is 1.03 bits per heavy atom. The average molecular weight is 481 g/mol. The van der Waals surface area contributed by atoms with Crippen molar-refractivity contribution >= 4 is 21.6 Å². The Labute approximate surface area is 188 Å². The minimum atomic E-state index is -0.339. The van der Waals surface area contributed by atoms with Crippen LogP contribution in [0.2, 0.25) is 0 Å². The number of phenolic OH excluding ortho intramolecular Hbond substituents is 1. The molecule has 7 heteroatoms.